The summed E-state index contributed by atoms with van der Waals surface area (Å²) in [4.78, 5) is 37.5. The van der Waals surface area contributed by atoms with Crippen LogP contribution in [0.2, 0.25) is 10.0 Å². The van der Waals surface area contributed by atoms with Crippen LogP contribution in [0.5, 0.6) is 11.5 Å². The fourth-order valence-electron chi connectivity index (χ4n) is 3.46. The average molecular weight is 513 g/mol. The highest BCUT2D eigenvalue weighted by Gasteiger charge is 2.35. The van der Waals surface area contributed by atoms with E-state index < -0.39 is 17.9 Å². The van der Waals surface area contributed by atoms with Gasteiger partial charge in [-0.05, 0) is 59.7 Å². The molecule has 0 aliphatic carbocycles. The van der Waals surface area contributed by atoms with Gasteiger partial charge in [-0.3, -0.25) is 4.79 Å². The quantitative estimate of drug-likeness (QED) is 0.325. The van der Waals surface area contributed by atoms with Crippen molar-refractivity contribution in [2.75, 3.05) is 12.0 Å². The number of carbonyl (C=O) groups is 3. The van der Waals surface area contributed by atoms with Gasteiger partial charge in [-0.1, -0.05) is 41.4 Å². The number of hydrogen-bond donors (Lipinski definition) is 2. The normalized spacial score (nSPS) is 14.3. The average Bonchev–Trinajstić information content (AvgIpc) is 3.10. The predicted octanol–water partition coefficient (Wildman–Crippen LogP) is 5.38. The highest BCUT2D eigenvalue weighted by Crippen LogP contribution is 2.38. The van der Waals surface area contributed by atoms with Gasteiger partial charge < -0.3 is 19.9 Å². The van der Waals surface area contributed by atoms with E-state index in [2.05, 4.69) is 5.32 Å². The molecule has 1 heterocycles. The summed E-state index contributed by atoms with van der Waals surface area (Å²) in [6, 6.07) is 15.3. The first-order chi connectivity index (χ1) is 16.8. The maximum absolute atomic E-state index is 12.9. The SMILES string of the molecule is COc1cc(C=C2NC(=O)N(c3cccc(Cl)c3)C2=O)cc(Cl)c1OCc1cccc(C(=O)O)c1. The molecular weight excluding hydrogens is 495 g/mol. The van der Waals surface area contributed by atoms with Crippen LogP contribution in [0.4, 0.5) is 10.5 Å². The zero-order valence-corrected chi connectivity index (χ0v) is 19.8. The number of carboxylic acids is 1. The van der Waals surface area contributed by atoms with Gasteiger partial charge in [-0.2, -0.15) is 0 Å². The third kappa shape index (κ3) is 5.24. The Balaban J connectivity index is 1.57. The van der Waals surface area contributed by atoms with Crippen LogP contribution in [0.25, 0.3) is 6.08 Å². The number of methoxy groups -OCH3 is 1. The summed E-state index contributed by atoms with van der Waals surface area (Å²) < 4.78 is 11.2. The topological polar surface area (TPSA) is 105 Å². The Labute approximate surface area is 210 Å². The third-order valence-corrected chi connectivity index (χ3v) is 5.58. The molecule has 1 aliphatic heterocycles. The minimum Gasteiger partial charge on any atom is -0.493 e. The van der Waals surface area contributed by atoms with Crippen LogP contribution >= 0.6 is 23.2 Å². The molecule has 35 heavy (non-hydrogen) atoms. The van der Waals surface area contributed by atoms with Crippen molar-refractivity contribution in [1.29, 1.82) is 0 Å². The summed E-state index contributed by atoms with van der Waals surface area (Å²) in [6.45, 7) is 0.0563. The van der Waals surface area contributed by atoms with Gasteiger partial charge in [0.2, 0.25) is 0 Å². The molecule has 4 rings (SSSR count). The molecule has 1 saturated heterocycles. The van der Waals surface area contributed by atoms with E-state index in [4.69, 9.17) is 37.8 Å². The van der Waals surface area contributed by atoms with E-state index >= 15 is 0 Å². The third-order valence-electron chi connectivity index (χ3n) is 5.06. The van der Waals surface area contributed by atoms with Gasteiger partial charge in [-0.15, -0.1) is 0 Å². The van der Waals surface area contributed by atoms with Crippen LogP contribution in [-0.4, -0.2) is 30.1 Å². The number of rotatable bonds is 7. The van der Waals surface area contributed by atoms with Gasteiger partial charge in [0.1, 0.15) is 12.3 Å². The second-order valence-electron chi connectivity index (χ2n) is 7.44. The predicted molar refractivity (Wildman–Crippen MR) is 131 cm³/mol. The van der Waals surface area contributed by atoms with Gasteiger partial charge in [-0.25, -0.2) is 14.5 Å². The van der Waals surface area contributed by atoms with Gasteiger partial charge >= 0.3 is 12.0 Å². The molecule has 3 amide bonds. The first-order valence-electron chi connectivity index (χ1n) is 10.2. The smallest absolute Gasteiger partial charge is 0.335 e. The lowest BCUT2D eigenvalue weighted by Crippen LogP contribution is -2.30. The molecule has 0 aromatic heterocycles. The van der Waals surface area contributed by atoms with Crippen LogP contribution in [0.15, 0.2) is 66.4 Å². The maximum atomic E-state index is 12.9. The van der Waals surface area contributed by atoms with Crippen LogP contribution in [0, 0.1) is 0 Å². The van der Waals surface area contributed by atoms with Crippen molar-refractivity contribution in [1.82, 2.24) is 5.32 Å². The number of urea groups is 1. The van der Waals surface area contributed by atoms with Crippen molar-refractivity contribution in [2.45, 2.75) is 6.61 Å². The number of nitrogens with one attached hydrogen (secondary N) is 1. The first kappa shape index (κ1) is 24.1. The minimum absolute atomic E-state index is 0.0484. The molecule has 0 radical (unpaired) electrons. The number of carbonyl (C=O) groups excluding carboxylic acids is 2. The molecule has 1 fully saturated rings. The molecule has 1 aliphatic rings. The molecule has 10 heteroatoms. The van der Waals surface area contributed by atoms with E-state index in [1.807, 2.05) is 0 Å². The van der Waals surface area contributed by atoms with Gasteiger partial charge in [0, 0.05) is 5.02 Å². The van der Waals surface area contributed by atoms with E-state index in [1.54, 1.807) is 42.5 Å². The second-order valence-corrected chi connectivity index (χ2v) is 8.28. The molecular formula is C25H18Cl2N2O6. The Morgan fingerprint density at radius 2 is 1.86 bits per heavy atom. The highest BCUT2D eigenvalue weighted by atomic mass is 35.5. The van der Waals surface area contributed by atoms with Crippen molar-refractivity contribution in [2.24, 2.45) is 0 Å². The molecule has 0 bridgehead atoms. The Morgan fingerprint density at radius 3 is 2.57 bits per heavy atom. The molecule has 0 unspecified atom stereocenters. The zero-order chi connectivity index (χ0) is 25.1. The number of aromatic carboxylic acids is 1. The summed E-state index contributed by atoms with van der Waals surface area (Å²) in [6.07, 6.45) is 1.47. The van der Waals surface area contributed by atoms with E-state index in [0.717, 1.165) is 4.90 Å². The number of amides is 3. The monoisotopic (exact) mass is 512 g/mol. The van der Waals surface area contributed by atoms with Gasteiger partial charge in [0.25, 0.3) is 5.91 Å². The van der Waals surface area contributed by atoms with E-state index in [1.165, 1.54) is 31.4 Å². The summed E-state index contributed by atoms with van der Waals surface area (Å²) in [5.41, 5.74) is 1.65. The number of anilines is 1. The number of hydrogen-bond acceptors (Lipinski definition) is 5. The van der Waals surface area contributed by atoms with Gasteiger partial charge in [0.05, 0.1) is 23.4 Å². The Morgan fingerprint density at radius 1 is 1.09 bits per heavy atom. The number of imide groups is 1. The van der Waals surface area contributed by atoms with Crippen molar-refractivity contribution >= 4 is 52.9 Å². The van der Waals surface area contributed by atoms with E-state index in [9.17, 15) is 14.4 Å². The van der Waals surface area contributed by atoms with E-state index in [-0.39, 0.29) is 28.6 Å². The highest BCUT2D eigenvalue weighted by molar-refractivity contribution is 6.33. The van der Waals surface area contributed by atoms with Crippen LogP contribution < -0.4 is 19.7 Å². The number of halogens is 2. The number of nitrogens with zero attached hydrogens (tertiary/aromatic N) is 1. The van der Waals surface area contributed by atoms with Crippen molar-refractivity contribution in [3.8, 4) is 11.5 Å². The molecule has 3 aromatic rings. The maximum Gasteiger partial charge on any atom is 0.335 e. The molecule has 178 valence electrons. The Hall–Kier alpha value is -4.01. The fourth-order valence-corrected chi connectivity index (χ4v) is 3.92. The van der Waals surface area contributed by atoms with Crippen LogP contribution in [0.3, 0.4) is 0 Å². The number of benzene rings is 3. The minimum atomic E-state index is -1.04. The Bertz CT molecular complexity index is 1370. The number of ether oxygens (including phenoxy) is 2. The van der Waals surface area contributed by atoms with Crippen molar-refractivity contribution in [3.05, 3.63) is 93.1 Å². The standard InChI is InChI=1S/C25H18Cl2N2O6/c1-34-21-11-15(9-19(27)22(21)35-13-14-4-2-5-16(8-14)24(31)32)10-20-23(30)29(25(33)28-20)18-7-3-6-17(26)12-18/h2-12H,13H2,1H3,(H,28,33)(H,31,32). The molecule has 0 spiro atoms. The fraction of sp³-hybridized carbons (Fsp3) is 0.0800. The van der Waals surface area contributed by atoms with Crippen LogP contribution in [0.1, 0.15) is 21.5 Å². The summed E-state index contributed by atoms with van der Waals surface area (Å²) in [7, 11) is 1.43. The second kappa shape index (κ2) is 10.1. The molecule has 8 nitrogen and oxygen atoms in total. The molecule has 2 N–H and O–H groups in total. The summed E-state index contributed by atoms with van der Waals surface area (Å²) in [5.74, 6) is -1.05. The van der Waals surface area contributed by atoms with Crippen molar-refractivity contribution < 1.29 is 29.0 Å². The van der Waals surface area contributed by atoms with Crippen molar-refractivity contribution in [3.63, 3.8) is 0 Å². The first-order valence-corrected chi connectivity index (χ1v) is 11.0. The lowest BCUT2D eigenvalue weighted by Gasteiger charge is -2.14. The Kier molecular flexibility index (Phi) is 6.95. The largest absolute Gasteiger partial charge is 0.493 e. The van der Waals surface area contributed by atoms with Crippen LogP contribution in [-0.2, 0) is 11.4 Å². The summed E-state index contributed by atoms with van der Waals surface area (Å²) >= 11 is 12.4. The molecule has 3 aromatic carbocycles. The molecule has 0 atom stereocenters. The van der Waals surface area contributed by atoms with Gasteiger partial charge in [0.15, 0.2) is 11.5 Å². The zero-order valence-electron chi connectivity index (χ0n) is 18.2. The molecule has 0 saturated carbocycles. The number of carboxylic acid groups (broad SMARTS) is 1. The lowest BCUT2D eigenvalue weighted by atomic mass is 10.1. The summed E-state index contributed by atoms with van der Waals surface area (Å²) in [5, 5.41) is 12.3. The van der Waals surface area contributed by atoms with E-state index in [0.29, 0.717) is 27.6 Å². The lowest BCUT2D eigenvalue weighted by molar-refractivity contribution is -0.113.